The van der Waals surface area contributed by atoms with Gasteiger partial charge in [0, 0.05) is 19.0 Å². The summed E-state index contributed by atoms with van der Waals surface area (Å²) < 4.78 is 11.1. The molecule has 0 bridgehead atoms. The molecule has 1 N–H and O–H groups in total. The molecule has 20 heavy (non-hydrogen) atoms. The predicted octanol–water partition coefficient (Wildman–Crippen LogP) is 3.44. The van der Waals surface area contributed by atoms with E-state index in [-0.39, 0.29) is 5.92 Å². The summed E-state index contributed by atoms with van der Waals surface area (Å²) >= 11 is 0. The van der Waals surface area contributed by atoms with Crippen molar-refractivity contribution >= 4 is 5.82 Å². The van der Waals surface area contributed by atoms with Gasteiger partial charge in [-0.25, -0.2) is 4.98 Å². The summed E-state index contributed by atoms with van der Waals surface area (Å²) in [6.07, 6.45) is 0. The number of nitrogens with zero attached hydrogens (tertiary/aromatic N) is 2. The van der Waals surface area contributed by atoms with Gasteiger partial charge >= 0.3 is 0 Å². The smallest absolute Gasteiger partial charge is 0.224 e. The van der Waals surface area contributed by atoms with Crippen molar-refractivity contribution in [3.63, 3.8) is 0 Å². The molecule has 0 aliphatic heterocycles. The third kappa shape index (κ3) is 3.17. The molecule has 106 valence electrons. The van der Waals surface area contributed by atoms with Crippen LogP contribution in [-0.2, 0) is 0 Å². The molecule has 5 nitrogen and oxygen atoms in total. The van der Waals surface area contributed by atoms with Crippen LogP contribution in [0, 0.1) is 0 Å². The molecule has 5 heteroatoms. The number of hydrogen-bond donors (Lipinski definition) is 1. The third-order valence-corrected chi connectivity index (χ3v) is 2.78. The van der Waals surface area contributed by atoms with E-state index in [2.05, 4.69) is 15.3 Å². The Morgan fingerprint density at radius 1 is 1.10 bits per heavy atom. The molecule has 0 radical (unpaired) electrons. The second-order valence-corrected chi connectivity index (χ2v) is 4.61. The fourth-order valence-corrected chi connectivity index (χ4v) is 1.70. The minimum atomic E-state index is 0.225. The first kappa shape index (κ1) is 14.1. The van der Waals surface area contributed by atoms with E-state index in [4.69, 9.17) is 9.47 Å². The minimum absolute atomic E-state index is 0.225. The number of nitrogens with one attached hydrogen (secondary N) is 1. The van der Waals surface area contributed by atoms with Crippen molar-refractivity contribution in [2.75, 3.05) is 19.5 Å². The van der Waals surface area contributed by atoms with Gasteiger partial charge in [0.15, 0.2) is 11.5 Å². The average Bonchev–Trinajstić information content (AvgIpc) is 2.47. The first-order valence-electron chi connectivity index (χ1n) is 6.51. The zero-order valence-electron chi connectivity index (χ0n) is 12.2. The molecule has 2 aromatic rings. The molecule has 0 fully saturated rings. The highest BCUT2D eigenvalue weighted by Gasteiger charge is 2.11. The number of rotatable bonds is 5. The molecule has 1 aromatic heterocycles. The quantitative estimate of drug-likeness (QED) is 0.904. The SMILES string of the molecule is CNc1cc(Oc2ccccc2OC)nc(C(C)C)n1. The van der Waals surface area contributed by atoms with Gasteiger partial charge in [0.25, 0.3) is 0 Å². The Bertz CT molecular complexity index is 585. The fourth-order valence-electron chi connectivity index (χ4n) is 1.70. The van der Waals surface area contributed by atoms with Gasteiger partial charge in [0.2, 0.25) is 5.88 Å². The van der Waals surface area contributed by atoms with Gasteiger partial charge in [-0.1, -0.05) is 26.0 Å². The first-order valence-corrected chi connectivity index (χ1v) is 6.51. The second-order valence-electron chi connectivity index (χ2n) is 4.61. The highest BCUT2D eigenvalue weighted by molar-refractivity contribution is 5.44. The van der Waals surface area contributed by atoms with Crippen molar-refractivity contribution in [1.29, 1.82) is 0 Å². The summed E-state index contributed by atoms with van der Waals surface area (Å²) in [7, 11) is 3.43. The summed E-state index contributed by atoms with van der Waals surface area (Å²) in [5, 5.41) is 3.01. The van der Waals surface area contributed by atoms with E-state index in [1.54, 1.807) is 13.2 Å². The van der Waals surface area contributed by atoms with Crippen molar-refractivity contribution in [3.8, 4) is 17.4 Å². The Balaban J connectivity index is 2.35. The van der Waals surface area contributed by atoms with E-state index < -0.39 is 0 Å². The van der Waals surface area contributed by atoms with E-state index >= 15 is 0 Å². The van der Waals surface area contributed by atoms with Crippen LogP contribution in [0.3, 0.4) is 0 Å². The van der Waals surface area contributed by atoms with Gasteiger partial charge in [-0.15, -0.1) is 0 Å². The summed E-state index contributed by atoms with van der Waals surface area (Å²) in [5.74, 6) is 3.49. The molecular formula is C15H19N3O2. The van der Waals surface area contributed by atoms with E-state index in [1.807, 2.05) is 45.2 Å². The number of ether oxygens (including phenoxy) is 2. The summed E-state index contributed by atoms with van der Waals surface area (Å²) in [5.41, 5.74) is 0. The first-order chi connectivity index (χ1) is 9.63. The van der Waals surface area contributed by atoms with Crippen molar-refractivity contribution in [1.82, 2.24) is 9.97 Å². The molecule has 0 saturated carbocycles. The van der Waals surface area contributed by atoms with E-state index in [9.17, 15) is 0 Å². The Kier molecular flexibility index (Phi) is 4.40. The zero-order valence-corrected chi connectivity index (χ0v) is 12.2. The van der Waals surface area contributed by atoms with Crippen molar-refractivity contribution < 1.29 is 9.47 Å². The largest absolute Gasteiger partial charge is 0.493 e. The highest BCUT2D eigenvalue weighted by atomic mass is 16.5. The Hall–Kier alpha value is -2.30. The molecule has 1 heterocycles. The molecule has 2 rings (SSSR count). The lowest BCUT2D eigenvalue weighted by Gasteiger charge is -2.12. The van der Waals surface area contributed by atoms with Gasteiger partial charge in [0.1, 0.15) is 11.6 Å². The van der Waals surface area contributed by atoms with E-state index in [1.165, 1.54) is 0 Å². The molecule has 0 atom stereocenters. The summed E-state index contributed by atoms with van der Waals surface area (Å²) in [6.45, 7) is 4.09. The van der Waals surface area contributed by atoms with Crippen LogP contribution in [0.2, 0.25) is 0 Å². The standard InChI is InChI=1S/C15H19N3O2/c1-10(2)15-17-13(16-3)9-14(18-15)20-12-8-6-5-7-11(12)19-4/h5-10H,1-4H3,(H,16,17,18). The van der Waals surface area contributed by atoms with Crippen LogP contribution in [0.25, 0.3) is 0 Å². The zero-order chi connectivity index (χ0) is 14.5. The molecule has 0 aliphatic carbocycles. The topological polar surface area (TPSA) is 56.3 Å². The third-order valence-electron chi connectivity index (χ3n) is 2.78. The van der Waals surface area contributed by atoms with Crippen molar-refractivity contribution in [2.24, 2.45) is 0 Å². The number of aromatic nitrogens is 2. The van der Waals surface area contributed by atoms with Gasteiger partial charge < -0.3 is 14.8 Å². The molecule has 0 amide bonds. The van der Waals surface area contributed by atoms with E-state index in [0.717, 1.165) is 11.6 Å². The molecule has 0 saturated heterocycles. The molecular weight excluding hydrogens is 254 g/mol. The molecule has 0 unspecified atom stereocenters. The normalized spacial score (nSPS) is 10.4. The lowest BCUT2D eigenvalue weighted by molar-refractivity contribution is 0.373. The maximum atomic E-state index is 5.82. The van der Waals surface area contributed by atoms with Crippen LogP contribution >= 0.6 is 0 Å². The van der Waals surface area contributed by atoms with Gasteiger partial charge in [-0.2, -0.15) is 4.98 Å². The molecule has 0 spiro atoms. The highest BCUT2D eigenvalue weighted by Crippen LogP contribution is 2.31. The predicted molar refractivity (Wildman–Crippen MR) is 78.7 cm³/mol. The number of methoxy groups -OCH3 is 1. The molecule has 0 aliphatic rings. The van der Waals surface area contributed by atoms with Gasteiger partial charge in [-0.3, -0.25) is 0 Å². The lowest BCUT2D eigenvalue weighted by Crippen LogP contribution is -2.03. The van der Waals surface area contributed by atoms with Crippen LogP contribution in [0.4, 0.5) is 5.82 Å². The minimum Gasteiger partial charge on any atom is -0.493 e. The van der Waals surface area contributed by atoms with Crippen LogP contribution in [0.15, 0.2) is 30.3 Å². The summed E-state index contributed by atoms with van der Waals surface area (Å²) in [4.78, 5) is 8.82. The van der Waals surface area contributed by atoms with Crippen LogP contribution in [-0.4, -0.2) is 24.1 Å². The lowest BCUT2D eigenvalue weighted by atomic mass is 10.2. The maximum Gasteiger partial charge on any atom is 0.224 e. The van der Waals surface area contributed by atoms with Gasteiger partial charge in [0.05, 0.1) is 7.11 Å². The molecule has 1 aromatic carbocycles. The van der Waals surface area contributed by atoms with Crippen LogP contribution in [0.1, 0.15) is 25.6 Å². The fraction of sp³-hybridized carbons (Fsp3) is 0.333. The Morgan fingerprint density at radius 3 is 2.40 bits per heavy atom. The van der Waals surface area contributed by atoms with Crippen LogP contribution < -0.4 is 14.8 Å². The Morgan fingerprint density at radius 2 is 1.80 bits per heavy atom. The average molecular weight is 273 g/mol. The number of benzene rings is 1. The number of para-hydroxylation sites is 2. The second kappa shape index (κ2) is 6.23. The maximum absolute atomic E-state index is 5.82. The van der Waals surface area contributed by atoms with E-state index in [0.29, 0.717) is 17.4 Å². The van der Waals surface area contributed by atoms with Crippen molar-refractivity contribution in [3.05, 3.63) is 36.2 Å². The number of hydrogen-bond acceptors (Lipinski definition) is 5. The van der Waals surface area contributed by atoms with Crippen molar-refractivity contribution in [2.45, 2.75) is 19.8 Å². The Labute approximate surface area is 119 Å². The monoisotopic (exact) mass is 273 g/mol. The number of anilines is 1. The van der Waals surface area contributed by atoms with Crippen LogP contribution in [0.5, 0.6) is 17.4 Å². The summed E-state index contributed by atoms with van der Waals surface area (Å²) in [6, 6.07) is 9.23. The van der Waals surface area contributed by atoms with Gasteiger partial charge in [-0.05, 0) is 12.1 Å².